The van der Waals surface area contributed by atoms with E-state index in [1.165, 1.54) is 18.6 Å². The number of hydrogen-bond acceptors (Lipinski definition) is 3. The minimum atomic E-state index is -0.224. The van der Waals surface area contributed by atoms with Crippen LogP contribution in [0.15, 0.2) is 30.5 Å². The first kappa shape index (κ1) is 15.9. The van der Waals surface area contributed by atoms with Gasteiger partial charge in [-0.15, -0.1) is 12.4 Å². The highest BCUT2D eigenvalue weighted by atomic mass is 35.5. The van der Waals surface area contributed by atoms with Crippen molar-refractivity contribution in [2.45, 2.75) is 18.9 Å². The molecule has 1 aliphatic rings. The van der Waals surface area contributed by atoms with E-state index in [9.17, 15) is 4.39 Å². The molecular formula is C15H20ClFN4. The van der Waals surface area contributed by atoms with Crippen molar-refractivity contribution in [2.24, 2.45) is 5.73 Å². The molecular weight excluding hydrogens is 291 g/mol. The van der Waals surface area contributed by atoms with E-state index in [0.29, 0.717) is 12.6 Å². The number of H-pyrrole nitrogens is 1. The van der Waals surface area contributed by atoms with Crippen LogP contribution in [0.4, 0.5) is 4.39 Å². The van der Waals surface area contributed by atoms with Crippen molar-refractivity contribution < 1.29 is 4.39 Å². The first-order valence-corrected chi connectivity index (χ1v) is 7.03. The summed E-state index contributed by atoms with van der Waals surface area (Å²) >= 11 is 0. The van der Waals surface area contributed by atoms with E-state index in [1.54, 1.807) is 12.1 Å². The molecule has 3 N–H and O–H groups in total. The highest BCUT2D eigenvalue weighted by Crippen LogP contribution is 2.30. The summed E-state index contributed by atoms with van der Waals surface area (Å²) in [4.78, 5) is 10.2. The Hall–Kier alpha value is -1.43. The normalized spacial score (nSPS) is 18.7. The topological polar surface area (TPSA) is 57.9 Å². The molecule has 3 rings (SSSR count). The number of likely N-dealkylation sites (tertiary alicyclic amines) is 1. The lowest BCUT2D eigenvalue weighted by atomic mass is 10.2. The zero-order valence-corrected chi connectivity index (χ0v) is 12.6. The lowest BCUT2D eigenvalue weighted by Crippen LogP contribution is -2.29. The second-order valence-electron chi connectivity index (χ2n) is 5.17. The van der Waals surface area contributed by atoms with Gasteiger partial charge < -0.3 is 10.7 Å². The summed E-state index contributed by atoms with van der Waals surface area (Å²) in [5.74, 6) is 0.758. The molecule has 4 nitrogen and oxygen atoms in total. The number of benzene rings is 1. The van der Waals surface area contributed by atoms with Crippen molar-refractivity contribution >= 4 is 12.4 Å². The third kappa shape index (κ3) is 3.43. The quantitative estimate of drug-likeness (QED) is 0.913. The Kier molecular flexibility index (Phi) is 5.33. The molecule has 2 heterocycles. The Morgan fingerprint density at radius 3 is 2.81 bits per heavy atom. The first-order chi connectivity index (χ1) is 9.78. The molecule has 0 radical (unpaired) electrons. The molecule has 0 spiro atoms. The minimum Gasteiger partial charge on any atom is -0.341 e. The summed E-state index contributed by atoms with van der Waals surface area (Å²) < 4.78 is 12.9. The maximum atomic E-state index is 12.9. The molecule has 0 saturated carbocycles. The molecule has 1 saturated heterocycles. The highest BCUT2D eigenvalue weighted by Gasteiger charge is 2.27. The van der Waals surface area contributed by atoms with Crippen LogP contribution in [0.2, 0.25) is 0 Å². The molecule has 1 fully saturated rings. The Morgan fingerprint density at radius 2 is 2.10 bits per heavy atom. The van der Waals surface area contributed by atoms with E-state index < -0.39 is 0 Å². The predicted molar refractivity (Wildman–Crippen MR) is 83.8 cm³/mol. The standard InChI is InChI=1S/C15H19FN4.ClH/c16-12-5-3-11(4-6-12)13-10-18-15(19-13)14-2-1-8-20(14)9-7-17;/h3-6,10,14H,1-2,7-9,17H2,(H,18,19);1H. The van der Waals surface area contributed by atoms with Crippen molar-refractivity contribution in [2.75, 3.05) is 19.6 Å². The Morgan fingerprint density at radius 1 is 1.33 bits per heavy atom. The van der Waals surface area contributed by atoms with Crippen molar-refractivity contribution in [3.8, 4) is 11.3 Å². The second-order valence-corrected chi connectivity index (χ2v) is 5.17. The van der Waals surface area contributed by atoms with Gasteiger partial charge in [0.05, 0.1) is 17.9 Å². The molecule has 0 bridgehead atoms. The molecule has 1 atom stereocenters. The van der Waals surface area contributed by atoms with E-state index in [2.05, 4.69) is 14.9 Å². The van der Waals surface area contributed by atoms with Crippen LogP contribution in [0.1, 0.15) is 24.7 Å². The number of nitrogens with two attached hydrogens (primary N) is 1. The molecule has 2 aromatic rings. The number of nitrogens with zero attached hydrogens (tertiary/aromatic N) is 2. The maximum absolute atomic E-state index is 12.9. The number of aromatic amines is 1. The van der Waals surface area contributed by atoms with Crippen molar-refractivity contribution in [3.63, 3.8) is 0 Å². The van der Waals surface area contributed by atoms with E-state index in [0.717, 1.165) is 36.6 Å². The van der Waals surface area contributed by atoms with Crippen LogP contribution in [0.25, 0.3) is 11.3 Å². The van der Waals surface area contributed by atoms with Crippen LogP contribution in [-0.4, -0.2) is 34.5 Å². The fourth-order valence-corrected chi connectivity index (χ4v) is 2.85. The van der Waals surface area contributed by atoms with E-state index in [4.69, 9.17) is 5.73 Å². The predicted octanol–water partition coefficient (Wildman–Crippen LogP) is 2.73. The van der Waals surface area contributed by atoms with Crippen LogP contribution in [0, 0.1) is 5.82 Å². The van der Waals surface area contributed by atoms with Gasteiger partial charge >= 0.3 is 0 Å². The van der Waals surface area contributed by atoms with Crippen molar-refractivity contribution in [1.82, 2.24) is 14.9 Å². The third-order valence-corrected chi connectivity index (χ3v) is 3.85. The monoisotopic (exact) mass is 310 g/mol. The molecule has 1 aromatic heterocycles. The van der Waals surface area contributed by atoms with Gasteiger partial charge in [0.1, 0.15) is 11.6 Å². The van der Waals surface area contributed by atoms with Crippen LogP contribution < -0.4 is 5.73 Å². The molecule has 0 amide bonds. The highest BCUT2D eigenvalue weighted by molar-refractivity contribution is 5.85. The minimum absolute atomic E-state index is 0. The molecule has 1 aliphatic heterocycles. The lowest BCUT2D eigenvalue weighted by Gasteiger charge is -2.21. The number of imidazole rings is 1. The summed E-state index contributed by atoms with van der Waals surface area (Å²) in [6.07, 6.45) is 4.11. The summed E-state index contributed by atoms with van der Waals surface area (Å²) in [5, 5.41) is 0. The Bertz CT molecular complexity index is 569. The third-order valence-electron chi connectivity index (χ3n) is 3.85. The van der Waals surface area contributed by atoms with Crippen molar-refractivity contribution in [3.05, 3.63) is 42.1 Å². The number of nitrogens with one attached hydrogen (secondary N) is 1. The van der Waals surface area contributed by atoms with Crippen LogP contribution in [0.5, 0.6) is 0 Å². The summed E-state index contributed by atoms with van der Waals surface area (Å²) in [6.45, 7) is 2.65. The molecule has 21 heavy (non-hydrogen) atoms. The number of aromatic nitrogens is 2. The Balaban J connectivity index is 0.00000161. The fraction of sp³-hybridized carbons (Fsp3) is 0.400. The van der Waals surface area contributed by atoms with Gasteiger partial charge in [0, 0.05) is 13.1 Å². The number of halogens is 2. The molecule has 1 aromatic carbocycles. The van der Waals surface area contributed by atoms with Gasteiger partial charge in [0.25, 0.3) is 0 Å². The van der Waals surface area contributed by atoms with E-state index >= 15 is 0 Å². The number of rotatable bonds is 4. The van der Waals surface area contributed by atoms with Gasteiger partial charge in [-0.3, -0.25) is 4.90 Å². The number of hydrogen-bond donors (Lipinski definition) is 2. The van der Waals surface area contributed by atoms with E-state index in [-0.39, 0.29) is 18.2 Å². The average molecular weight is 311 g/mol. The van der Waals surface area contributed by atoms with Crippen molar-refractivity contribution in [1.29, 1.82) is 0 Å². The SMILES string of the molecule is Cl.NCCN1CCCC1c1ncc(-c2ccc(F)cc2)[nH]1. The first-order valence-electron chi connectivity index (χ1n) is 7.03. The van der Waals surface area contributed by atoms with Gasteiger partial charge in [0.15, 0.2) is 0 Å². The molecule has 6 heteroatoms. The van der Waals surface area contributed by atoms with Crippen LogP contribution >= 0.6 is 12.4 Å². The molecule has 114 valence electrons. The van der Waals surface area contributed by atoms with E-state index in [1.807, 2.05) is 6.20 Å². The summed E-state index contributed by atoms with van der Waals surface area (Å²) in [7, 11) is 0. The lowest BCUT2D eigenvalue weighted by molar-refractivity contribution is 0.256. The zero-order valence-electron chi connectivity index (χ0n) is 11.8. The van der Waals surface area contributed by atoms with Gasteiger partial charge in [0.2, 0.25) is 0 Å². The summed E-state index contributed by atoms with van der Waals surface area (Å²) in [6, 6.07) is 6.78. The van der Waals surface area contributed by atoms with Crippen LogP contribution in [-0.2, 0) is 0 Å². The average Bonchev–Trinajstić information content (AvgIpc) is 3.08. The van der Waals surface area contributed by atoms with Gasteiger partial charge in [-0.2, -0.15) is 0 Å². The largest absolute Gasteiger partial charge is 0.341 e. The Labute approximate surface area is 130 Å². The maximum Gasteiger partial charge on any atom is 0.123 e. The van der Waals surface area contributed by atoms with Gasteiger partial charge in [-0.1, -0.05) is 0 Å². The van der Waals surface area contributed by atoms with Gasteiger partial charge in [-0.05, 0) is 49.2 Å². The summed E-state index contributed by atoms with van der Waals surface area (Å²) in [5.41, 5.74) is 7.53. The van der Waals surface area contributed by atoms with Gasteiger partial charge in [-0.25, -0.2) is 9.37 Å². The molecule has 0 aliphatic carbocycles. The second kappa shape index (κ2) is 7.02. The molecule has 1 unspecified atom stereocenters. The smallest absolute Gasteiger partial charge is 0.123 e. The fourth-order valence-electron chi connectivity index (χ4n) is 2.85. The zero-order chi connectivity index (χ0) is 13.9. The van der Waals surface area contributed by atoms with Crippen LogP contribution in [0.3, 0.4) is 0 Å².